The molecule has 0 heterocycles. The van der Waals surface area contributed by atoms with Gasteiger partial charge in [-0.3, -0.25) is 0 Å². The van der Waals surface area contributed by atoms with Crippen molar-refractivity contribution in [1.82, 2.24) is 0 Å². The monoisotopic (exact) mass is 284 g/mol. The van der Waals surface area contributed by atoms with Gasteiger partial charge in [0.25, 0.3) is 0 Å². The first kappa shape index (κ1) is 15.9. The number of rotatable bonds is 8. The van der Waals surface area contributed by atoms with Crippen LogP contribution in [0.4, 0.5) is 5.69 Å². The Labute approximate surface area is 115 Å². The van der Waals surface area contributed by atoms with Crippen LogP contribution in [0.1, 0.15) is 13.8 Å². The van der Waals surface area contributed by atoms with Crippen molar-refractivity contribution in [2.24, 2.45) is 11.5 Å². The largest absolute Gasteiger partial charge is 0.657 e. The normalized spacial score (nSPS) is 14.4. The molecule has 1 aromatic rings. The lowest BCUT2D eigenvalue weighted by Gasteiger charge is -2.21. The molecule has 107 valence electrons. The van der Waals surface area contributed by atoms with Gasteiger partial charge in [-0.1, -0.05) is 0 Å². The van der Waals surface area contributed by atoms with Crippen LogP contribution >= 0.6 is 0 Å². The maximum absolute atomic E-state index is 5.71. The third-order valence-electron chi connectivity index (χ3n) is 2.34. The van der Waals surface area contributed by atoms with E-state index < -0.39 is 9.53 Å². The third kappa shape index (κ3) is 6.04. The summed E-state index contributed by atoms with van der Waals surface area (Å²) < 4.78 is 17.0. The van der Waals surface area contributed by atoms with Crippen LogP contribution < -0.4 is 21.6 Å². The summed E-state index contributed by atoms with van der Waals surface area (Å²) in [6.07, 6.45) is -0.264. The fourth-order valence-electron chi connectivity index (χ4n) is 1.13. The average molecular weight is 284 g/mol. The van der Waals surface area contributed by atoms with Gasteiger partial charge in [0, 0.05) is 18.8 Å². The molecule has 1 radical (unpaired) electrons. The molecule has 0 saturated carbocycles. The topological polar surface area (TPSA) is 106 Å². The molecule has 0 amide bonds. The smallest absolute Gasteiger partial charge is 0.498 e. The van der Waals surface area contributed by atoms with Crippen LogP contribution in [0.15, 0.2) is 24.3 Å². The lowest BCUT2D eigenvalue weighted by atomic mass is 10.3. The van der Waals surface area contributed by atoms with Crippen molar-refractivity contribution >= 4 is 15.2 Å². The van der Waals surface area contributed by atoms with Gasteiger partial charge in [0.15, 0.2) is 0 Å². The molecule has 7 heteroatoms. The second-order valence-corrected chi connectivity index (χ2v) is 5.42. The summed E-state index contributed by atoms with van der Waals surface area (Å²) in [4.78, 5) is 0. The summed E-state index contributed by atoms with van der Waals surface area (Å²) in [5, 5.41) is 0. The Balaban J connectivity index is 2.64. The van der Waals surface area contributed by atoms with Crippen molar-refractivity contribution in [2.45, 2.75) is 26.1 Å². The summed E-state index contributed by atoms with van der Waals surface area (Å²) in [6, 6.07) is 7.06. The molecule has 0 aromatic heterocycles. The number of hydrogen-bond donors (Lipinski definition) is 3. The predicted molar refractivity (Wildman–Crippen MR) is 76.4 cm³/mol. The highest BCUT2D eigenvalue weighted by molar-refractivity contribution is 6.37. The summed E-state index contributed by atoms with van der Waals surface area (Å²) in [5.41, 5.74) is 17.4. The summed E-state index contributed by atoms with van der Waals surface area (Å²) >= 11 is 0. The molecule has 19 heavy (non-hydrogen) atoms. The van der Waals surface area contributed by atoms with Crippen LogP contribution in [-0.2, 0) is 8.85 Å². The molecule has 0 aliphatic rings. The van der Waals surface area contributed by atoms with Crippen LogP contribution in [0.25, 0.3) is 0 Å². The zero-order chi connectivity index (χ0) is 14.3. The zero-order valence-electron chi connectivity index (χ0n) is 11.3. The zero-order valence-corrected chi connectivity index (χ0v) is 12.3. The Hall–Kier alpha value is -1.12. The lowest BCUT2D eigenvalue weighted by molar-refractivity contribution is 0.0778. The summed E-state index contributed by atoms with van der Waals surface area (Å²) in [5.74, 6) is 0.650. The first-order chi connectivity index (χ1) is 9.05. The molecule has 0 bridgehead atoms. The maximum Gasteiger partial charge on any atom is 0.657 e. The molecule has 6 N–H and O–H groups in total. The number of benzene rings is 1. The Morgan fingerprint density at radius 1 is 1.00 bits per heavy atom. The number of anilines is 1. The maximum atomic E-state index is 5.71. The van der Waals surface area contributed by atoms with Crippen LogP contribution in [0.3, 0.4) is 0 Å². The number of hydrogen-bond acceptors (Lipinski definition) is 6. The highest BCUT2D eigenvalue weighted by Gasteiger charge is 2.27. The number of nitrogens with two attached hydrogens (primary N) is 3. The van der Waals surface area contributed by atoms with Crippen LogP contribution in [0.2, 0.25) is 0 Å². The van der Waals surface area contributed by atoms with E-state index in [4.69, 9.17) is 30.5 Å². The van der Waals surface area contributed by atoms with Gasteiger partial charge in [-0.05, 0) is 38.1 Å². The van der Waals surface area contributed by atoms with Gasteiger partial charge in [0.2, 0.25) is 0 Å². The third-order valence-corrected chi connectivity index (χ3v) is 3.93. The van der Waals surface area contributed by atoms with E-state index in [0.29, 0.717) is 24.5 Å². The van der Waals surface area contributed by atoms with E-state index in [-0.39, 0.29) is 12.2 Å². The van der Waals surface area contributed by atoms with Gasteiger partial charge < -0.3 is 30.5 Å². The van der Waals surface area contributed by atoms with Crippen molar-refractivity contribution in [2.75, 3.05) is 18.8 Å². The van der Waals surface area contributed by atoms with Crippen molar-refractivity contribution < 1.29 is 13.3 Å². The Bertz CT molecular complexity index is 352. The highest BCUT2D eigenvalue weighted by Crippen LogP contribution is 2.15. The first-order valence-electron chi connectivity index (χ1n) is 6.19. The molecule has 0 aliphatic heterocycles. The molecular weight excluding hydrogens is 262 g/mol. The summed E-state index contributed by atoms with van der Waals surface area (Å²) in [6.45, 7) is 4.54. The fourth-order valence-corrected chi connectivity index (χ4v) is 2.46. The predicted octanol–water partition coefficient (Wildman–Crippen LogP) is 0.360. The molecular formula is C12H22N3O3Si. The molecule has 1 rings (SSSR count). The fraction of sp³-hybridized carbons (Fsp3) is 0.500. The first-order valence-corrected chi connectivity index (χ1v) is 7.41. The minimum absolute atomic E-state index is 0.132. The second kappa shape index (κ2) is 8.13. The van der Waals surface area contributed by atoms with Crippen molar-refractivity contribution in [3.8, 4) is 5.75 Å². The molecule has 0 saturated heterocycles. The lowest BCUT2D eigenvalue weighted by Crippen LogP contribution is -2.40. The van der Waals surface area contributed by atoms with Gasteiger partial charge in [-0.25, -0.2) is 0 Å². The van der Waals surface area contributed by atoms with Gasteiger partial charge in [0.1, 0.15) is 5.75 Å². The van der Waals surface area contributed by atoms with Crippen LogP contribution in [0, 0.1) is 0 Å². The standard InChI is InChI=1S/C12H22N3O3Si/c1-9(7-13)16-19(17-10(2)8-14)18-12-5-3-11(15)4-6-12/h3-6,9-10H,7-8,13-15H2,1-2H3. The van der Waals surface area contributed by atoms with E-state index in [1.54, 1.807) is 24.3 Å². The Kier molecular flexibility index (Phi) is 6.82. The van der Waals surface area contributed by atoms with Gasteiger partial charge in [-0.2, -0.15) is 0 Å². The molecule has 0 aliphatic carbocycles. The quantitative estimate of drug-likeness (QED) is 0.470. The van der Waals surface area contributed by atoms with E-state index in [0.717, 1.165) is 0 Å². The van der Waals surface area contributed by atoms with E-state index in [2.05, 4.69) is 0 Å². The van der Waals surface area contributed by atoms with Crippen molar-refractivity contribution in [3.63, 3.8) is 0 Å². The molecule has 1 aromatic carbocycles. The minimum atomic E-state index is -1.93. The van der Waals surface area contributed by atoms with Gasteiger partial charge in [0.05, 0.1) is 12.2 Å². The second-order valence-electron chi connectivity index (χ2n) is 4.25. The number of nitrogen functional groups attached to an aromatic ring is 1. The van der Waals surface area contributed by atoms with E-state index >= 15 is 0 Å². The van der Waals surface area contributed by atoms with Gasteiger partial charge >= 0.3 is 9.53 Å². The highest BCUT2D eigenvalue weighted by atomic mass is 28.3. The Morgan fingerprint density at radius 2 is 1.47 bits per heavy atom. The summed E-state index contributed by atoms with van der Waals surface area (Å²) in [7, 11) is -1.93. The van der Waals surface area contributed by atoms with Gasteiger partial charge in [-0.15, -0.1) is 0 Å². The molecule has 6 nitrogen and oxygen atoms in total. The average Bonchev–Trinajstić information content (AvgIpc) is 2.40. The van der Waals surface area contributed by atoms with Crippen LogP contribution in [0.5, 0.6) is 5.75 Å². The SMILES string of the molecule is CC(CN)O[Si](Oc1ccc(N)cc1)OC(C)CN. The molecule has 2 unspecified atom stereocenters. The van der Waals surface area contributed by atoms with E-state index in [1.807, 2.05) is 13.8 Å². The molecule has 0 fully saturated rings. The van der Waals surface area contributed by atoms with Crippen molar-refractivity contribution in [3.05, 3.63) is 24.3 Å². The minimum Gasteiger partial charge on any atom is -0.498 e. The van der Waals surface area contributed by atoms with E-state index in [1.165, 1.54) is 0 Å². The van der Waals surface area contributed by atoms with Crippen LogP contribution in [-0.4, -0.2) is 34.8 Å². The molecule has 0 spiro atoms. The van der Waals surface area contributed by atoms with E-state index in [9.17, 15) is 0 Å². The van der Waals surface area contributed by atoms with Crippen molar-refractivity contribution in [1.29, 1.82) is 0 Å². The Morgan fingerprint density at radius 3 is 1.89 bits per heavy atom. The molecule has 2 atom stereocenters.